The molecule has 1 aromatic rings. The van der Waals surface area contributed by atoms with E-state index >= 15 is 0 Å². The molecule has 1 nitrogen and oxygen atoms in total. The van der Waals surface area contributed by atoms with Crippen molar-refractivity contribution in [2.45, 2.75) is 4.90 Å². The maximum atomic E-state index is 10.5. The van der Waals surface area contributed by atoms with E-state index in [0.717, 1.165) is 4.90 Å². The first-order valence-corrected chi connectivity index (χ1v) is 5.47. The summed E-state index contributed by atoms with van der Waals surface area (Å²) >= 11 is 18.0. The highest BCUT2D eigenvalue weighted by Gasteiger charge is 2.04. The van der Waals surface area contributed by atoms with Crippen LogP contribution in [0, 0.1) is 0 Å². The van der Waals surface area contributed by atoms with Gasteiger partial charge in [-0.1, -0.05) is 23.2 Å². The van der Waals surface area contributed by atoms with Crippen molar-refractivity contribution in [1.29, 1.82) is 0 Å². The van der Waals surface area contributed by atoms with Gasteiger partial charge in [-0.05, 0) is 29.8 Å². The van der Waals surface area contributed by atoms with Gasteiger partial charge in [0.1, 0.15) is 0 Å². The van der Waals surface area contributed by atoms with Crippen molar-refractivity contribution in [3.63, 3.8) is 0 Å². The van der Waals surface area contributed by atoms with Gasteiger partial charge in [0, 0.05) is 9.92 Å². The summed E-state index contributed by atoms with van der Waals surface area (Å²) < 4.78 is 0. The highest BCUT2D eigenvalue weighted by Crippen LogP contribution is 2.29. The summed E-state index contributed by atoms with van der Waals surface area (Å²) in [5.74, 6) is 0.196. The van der Waals surface area contributed by atoms with E-state index in [0.29, 0.717) is 10.0 Å². The smallest absolute Gasteiger partial charge is 0.231 e. The molecule has 0 aliphatic carbocycles. The van der Waals surface area contributed by atoms with Crippen LogP contribution < -0.4 is 0 Å². The van der Waals surface area contributed by atoms with E-state index in [2.05, 4.69) is 0 Å². The van der Waals surface area contributed by atoms with Gasteiger partial charge in [-0.3, -0.25) is 4.79 Å². The van der Waals surface area contributed by atoms with Crippen LogP contribution >= 0.6 is 46.6 Å². The molecular formula is C8H5Cl3OS. The molecule has 5 heteroatoms. The van der Waals surface area contributed by atoms with Gasteiger partial charge < -0.3 is 0 Å². The lowest BCUT2D eigenvalue weighted by molar-refractivity contribution is -0.109. The normalized spacial score (nSPS) is 10.1. The molecule has 1 rings (SSSR count). The number of halogens is 3. The summed E-state index contributed by atoms with van der Waals surface area (Å²) in [4.78, 5) is 11.2. The van der Waals surface area contributed by atoms with E-state index in [1.54, 1.807) is 18.2 Å². The van der Waals surface area contributed by atoms with Gasteiger partial charge in [-0.2, -0.15) is 0 Å². The van der Waals surface area contributed by atoms with Crippen LogP contribution in [0.4, 0.5) is 0 Å². The van der Waals surface area contributed by atoms with Gasteiger partial charge in [0.2, 0.25) is 5.24 Å². The molecule has 70 valence electrons. The number of carbonyl (C=O) groups excluding carboxylic acids is 1. The first-order valence-electron chi connectivity index (χ1n) is 3.36. The molecule has 0 atom stereocenters. The third kappa shape index (κ3) is 3.77. The van der Waals surface area contributed by atoms with Crippen molar-refractivity contribution >= 4 is 51.8 Å². The zero-order valence-electron chi connectivity index (χ0n) is 6.39. The Hall–Kier alpha value is 0.110. The fourth-order valence-corrected chi connectivity index (χ4v) is 2.09. The van der Waals surface area contributed by atoms with E-state index in [9.17, 15) is 4.79 Å². The average Bonchev–Trinajstić information content (AvgIpc) is 2.06. The summed E-state index contributed by atoms with van der Waals surface area (Å²) in [5, 5.41) is 0.766. The second kappa shape index (κ2) is 5.11. The Morgan fingerprint density at radius 2 is 2.08 bits per heavy atom. The molecule has 0 bridgehead atoms. The SMILES string of the molecule is O=C(Cl)CSc1cc(Cl)ccc1Cl. The Morgan fingerprint density at radius 3 is 2.69 bits per heavy atom. The van der Waals surface area contributed by atoms with Crippen LogP contribution in [0.3, 0.4) is 0 Å². The number of thioether (sulfide) groups is 1. The molecule has 0 aliphatic rings. The van der Waals surface area contributed by atoms with Crippen LogP contribution in [0.2, 0.25) is 10.0 Å². The zero-order valence-corrected chi connectivity index (χ0v) is 9.47. The molecule has 0 radical (unpaired) electrons. The van der Waals surface area contributed by atoms with Gasteiger partial charge in [-0.25, -0.2) is 0 Å². The summed E-state index contributed by atoms with van der Waals surface area (Å²) in [6.45, 7) is 0. The zero-order chi connectivity index (χ0) is 9.84. The first kappa shape index (κ1) is 11.2. The summed E-state index contributed by atoms with van der Waals surface area (Å²) in [5.41, 5.74) is 0. The summed E-state index contributed by atoms with van der Waals surface area (Å²) in [7, 11) is 0. The summed E-state index contributed by atoms with van der Waals surface area (Å²) in [6, 6.07) is 5.08. The van der Waals surface area contributed by atoms with E-state index in [-0.39, 0.29) is 5.75 Å². The maximum absolute atomic E-state index is 10.5. The molecule has 0 spiro atoms. The fraction of sp³-hybridized carbons (Fsp3) is 0.125. The number of carbonyl (C=O) groups is 1. The molecule has 0 amide bonds. The minimum Gasteiger partial charge on any atom is -0.280 e. The topological polar surface area (TPSA) is 17.1 Å². The van der Waals surface area contributed by atoms with Crippen molar-refractivity contribution in [3.8, 4) is 0 Å². The molecule has 0 aliphatic heterocycles. The third-order valence-corrected chi connectivity index (χ3v) is 3.26. The van der Waals surface area contributed by atoms with Crippen molar-refractivity contribution in [2.24, 2.45) is 0 Å². The van der Waals surface area contributed by atoms with Gasteiger partial charge >= 0.3 is 0 Å². The predicted octanol–water partition coefficient (Wildman–Crippen LogP) is 3.85. The molecule has 0 aromatic heterocycles. The van der Waals surface area contributed by atoms with Crippen LogP contribution in [-0.4, -0.2) is 11.0 Å². The van der Waals surface area contributed by atoms with Crippen molar-refractivity contribution in [3.05, 3.63) is 28.2 Å². The molecule has 1 aromatic carbocycles. The van der Waals surface area contributed by atoms with E-state index < -0.39 is 5.24 Å². The lowest BCUT2D eigenvalue weighted by Gasteiger charge is -2.01. The lowest BCUT2D eigenvalue weighted by atomic mass is 10.4. The van der Waals surface area contributed by atoms with Crippen LogP contribution in [0.15, 0.2) is 23.1 Å². The molecule has 13 heavy (non-hydrogen) atoms. The number of benzene rings is 1. The number of hydrogen-bond acceptors (Lipinski definition) is 2. The molecule has 0 fully saturated rings. The molecule has 0 unspecified atom stereocenters. The molecule has 0 N–H and O–H groups in total. The van der Waals surface area contributed by atoms with E-state index in [4.69, 9.17) is 34.8 Å². The maximum Gasteiger partial charge on any atom is 0.231 e. The Balaban J connectivity index is 2.75. The van der Waals surface area contributed by atoms with E-state index in [1.807, 2.05) is 0 Å². The van der Waals surface area contributed by atoms with E-state index in [1.165, 1.54) is 11.8 Å². The Bertz CT molecular complexity index is 327. The van der Waals surface area contributed by atoms with Crippen molar-refractivity contribution in [1.82, 2.24) is 0 Å². The monoisotopic (exact) mass is 254 g/mol. The van der Waals surface area contributed by atoms with Crippen molar-refractivity contribution in [2.75, 3.05) is 5.75 Å². The van der Waals surface area contributed by atoms with Crippen LogP contribution in [0.5, 0.6) is 0 Å². The number of hydrogen-bond donors (Lipinski definition) is 0. The van der Waals surface area contributed by atoms with Gasteiger partial charge in [0.15, 0.2) is 0 Å². The van der Waals surface area contributed by atoms with Crippen LogP contribution in [-0.2, 0) is 4.79 Å². The van der Waals surface area contributed by atoms with Crippen LogP contribution in [0.1, 0.15) is 0 Å². The Morgan fingerprint density at radius 1 is 1.38 bits per heavy atom. The second-order valence-electron chi connectivity index (χ2n) is 2.22. The van der Waals surface area contributed by atoms with Gasteiger partial charge in [-0.15, -0.1) is 11.8 Å². The molecular weight excluding hydrogens is 251 g/mol. The molecule has 0 heterocycles. The van der Waals surface area contributed by atoms with Gasteiger partial charge in [0.25, 0.3) is 0 Å². The standard InChI is InChI=1S/C8H5Cl3OS/c9-5-1-2-6(10)7(3-5)13-4-8(11)12/h1-3H,4H2. The predicted molar refractivity (Wildman–Crippen MR) is 58.0 cm³/mol. The quantitative estimate of drug-likeness (QED) is 0.603. The lowest BCUT2D eigenvalue weighted by Crippen LogP contribution is -1.89. The average molecular weight is 256 g/mol. The summed E-state index contributed by atoms with van der Waals surface area (Å²) in [6.07, 6.45) is 0. The minimum atomic E-state index is -0.402. The highest BCUT2D eigenvalue weighted by molar-refractivity contribution is 8.00. The highest BCUT2D eigenvalue weighted by atomic mass is 35.5. The van der Waals surface area contributed by atoms with Crippen LogP contribution in [0.25, 0.3) is 0 Å². The van der Waals surface area contributed by atoms with Crippen molar-refractivity contribution < 1.29 is 4.79 Å². The second-order valence-corrected chi connectivity index (χ2v) is 4.50. The van der Waals surface area contributed by atoms with Gasteiger partial charge in [0.05, 0.1) is 10.8 Å². The largest absolute Gasteiger partial charge is 0.280 e. The number of rotatable bonds is 3. The molecule has 0 saturated carbocycles. The fourth-order valence-electron chi connectivity index (χ4n) is 0.722. The molecule has 0 saturated heterocycles. The first-order chi connectivity index (χ1) is 6.09. The minimum absolute atomic E-state index is 0.196. The third-order valence-electron chi connectivity index (χ3n) is 1.23. The Labute approximate surface area is 95.4 Å². The Kier molecular flexibility index (Phi) is 4.39.